The summed E-state index contributed by atoms with van der Waals surface area (Å²) < 4.78 is 20.7. The fourth-order valence-corrected chi connectivity index (χ4v) is 2.89. The number of ether oxygens (including phenoxy) is 1. The Morgan fingerprint density at radius 3 is 2.52 bits per heavy atom. The first kappa shape index (κ1) is 20.1. The fourth-order valence-electron chi connectivity index (χ4n) is 2.89. The number of anilines is 2. The third-order valence-electron chi connectivity index (χ3n) is 4.19. The van der Waals surface area contributed by atoms with Crippen LogP contribution in [0.5, 0.6) is 5.75 Å². The van der Waals surface area contributed by atoms with Gasteiger partial charge in [0.1, 0.15) is 17.3 Å². The number of nitrogens with zero attached hydrogens (tertiary/aromatic N) is 1. The standard InChI is InChI=1S/C22H22FN3O3/c1-3-29-18-10-8-17(9-11-18)24-22(28)25-20-12-15(2)13-26(21(20)27)14-16-6-4-5-7-19(16)23/h4-13H,3,14H2,1-2H3,(H2,24,25,28). The van der Waals surface area contributed by atoms with Gasteiger partial charge in [-0.2, -0.15) is 0 Å². The zero-order valence-corrected chi connectivity index (χ0v) is 16.2. The van der Waals surface area contributed by atoms with Gasteiger partial charge in [-0.3, -0.25) is 4.79 Å². The van der Waals surface area contributed by atoms with Crippen LogP contribution < -0.4 is 20.9 Å². The molecule has 3 rings (SSSR count). The molecule has 0 bridgehead atoms. The molecule has 0 aliphatic carbocycles. The summed E-state index contributed by atoms with van der Waals surface area (Å²) >= 11 is 0. The summed E-state index contributed by atoms with van der Waals surface area (Å²) in [7, 11) is 0. The predicted molar refractivity (Wildman–Crippen MR) is 111 cm³/mol. The highest BCUT2D eigenvalue weighted by Crippen LogP contribution is 2.16. The molecule has 6 nitrogen and oxygen atoms in total. The third kappa shape index (κ3) is 5.22. The van der Waals surface area contributed by atoms with E-state index >= 15 is 0 Å². The maximum Gasteiger partial charge on any atom is 0.323 e. The molecule has 2 aromatic carbocycles. The van der Waals surface area contributed by atoms with Crippen LogP contribution in [-0.2, 0) is 6.54 Å². The third-order valence-corrected chi connectivity index (χ3v) is 4.19. The molecule has 0 radical (unpaired) electrons. The molecule has 0 aliphatic heterocycles. The minimum atomic E-state index is -0.547. The number of pyridine rings is 1. The van der Waals surface area contributed by atoms with Crippen molar-refractivity contribution in [1.82, 2.24) is 4.57 Å². The lowest BCUT2D eigenvalue weighted by Crippen LogP contribution is -2.28. The first-order chi connectivity index (χ1) is 14.0. The number of benzene rings is 2. The monoisotopic (exact) mass is 395 g/mol. The van der Waals surface area contributed by atoms with E-state index in [2.05, 4.69) is 10.6 Å². The minimum absolute atomic E-state index is 0.0718. The van der Waals surface area contributed by atoms with Crippen molar-refractivity contribution in [3.63, 3.8) is 0 Å². The Kier molecular flexibility index (Phi) is 6.29. The van der Waals surface area contributed by atoms with Gasteiger partial charge in [0, 0.05) is 17.4 Å². The summed E-state index contributed by atoms with van der Waals surface area (Å²) in [5.74, 6) is 0.317. The van der Waals surface area contributed by atoms with Crippen molar-refractivity contribution in [1.29, 1.82) is 0 Å². The largest absolute Gasteiger partial charge is 0.494 e. The predicted octanol–water partition coefficient (Wildman–Crippen LogP) is 4.39. The number of hydrogen-bond acceptors (Lipinski definition) is 3. The van der Waals surface area contributed by atoms with Crippen molar-refractivity contribution in [2.45, 2.75) is 20.4 Å². The van der Waals surface area contributed by atoms with Gasteiger partial charge in [-0.1, -0.05) is 18.2 Å². The number of urea groups is 1. The topological polar surface area (TPSA) is 72.4 Å². The lowest BCUT2D eigenvalue weighted by molar-refractivity contribution is 0.262. The van der Waals surface area contributed by atoms with Crippen LogP contribution in [0.15, 0.2) is 65.6 Å². The molecule has 0 spiro atoms. The van der Waals surface area contributed by atoms with Gasteiger partial charge >= 0.3 is 6.03 Å². The van der Waals surface area contributed by atoms with E-state index in [9.17, 15) is 14.0 Å². The highest BCUT2D eigenvalue weighted by atomic mass is 19.1. The number of hydrogen-bond donors (Lipinski definition) is 2. The van der Waals surface area contributed by atoms with E-state index in [1.54, 1.807) is 61.7 Å². The number of nitrogens with one attached hydrogen (secondary N) is 2. The Labute approximate surface area is 168 Å². The molecule has 2 N–H and O–H groups in total. The zero-order chi connectivity index (χ0) is 20.8. The summed E-state index contributed by atoms with van der Waals surface area (Å²) in [6.45, 7) is 4.31. The van der Waals surface area contributed by atoms with Gasteiger partial charge in [0.05, 0.1) is 13.2 Å². The molecule has 3 aromatic rings. The number of rotatable bonds is 6. The summed E-state index contributed by atoms with van der Waals surface area (Å²) in [5, 5.41) is 5.24. The van der Waals surface area contributed by atoms with E-state index < -0.39 is 11.6 Å². The van der Waals surface area contributed by atoms with Crippen molar-refractivity contribution in [3.8, 4) is 5.75 Å². The molecule has 1 heterocycles. The molecule has 0 saturated heterocycles. The highest BCUT2D eigenvalue weighted by molar-refractivity contribution is 5.99. The van der Waals surface area contributed by atoms with E-state index in [4.69, 9.17) is 4.74 Å². The molecular weight excluding hydrogens is 373 g/mol. The molecule has 1 aromatic heterocycles. The number of aryl methyl sites for hydroxylation is 1. The number of carbonyl (C=O) groups is 1. The average molecular weight is 395 g/mol. The lowest BCUT2D eigenvalue weighted by Gasteiger charge is -2.12. The molecule has 0 aliphatic rings. The second kappa shape index (κ2) is 9.05. The van der Waals surface area contributed by atoms with Crippen LogP contribution in [0.3, 0.4) is 0 Å². The Morgan fingerprint density at radius 1 is 1.10 bits per heavy atom. The zero-order valence-electron chi connectivity index (χ0n) is 16.2. The van der Waals surface area contributed by atoms with Gasteiger partial charge < -0.3 is 19.9 Å². The van der Waals surface area contributed by atoms with Gasteiger partial charge in [0.2, 0.25) is 0 Å². The molecule has 150 valence electrons. The number of halogens is 1. The summed E-state index contributed by atoms with van der Waals surface area (Å²) in [6.07, 6.45) is 1.63. The number of amides is 2. The molecule has 7 heteroatoms. The van der Waals surface area contributed by atoms with Gasteiger partial charge in [-0.25, -0.2) is 9.18 Å². The Balaban J connectivity index is 1.75. The Hall–Kier alpha value is -3.61. The van der Waals surface area contributed by atoms with Crippen molar-refractivity contribution in [2.24, 2.45) is 0 Å². The molecule has 29 heavy (non-hydrogen) atoms. The van der Waals surface area contributed by atoms with E-state index in [0.717, 1.165) is 5.56 Å². The van der Waals surface area contributed by atoms with Crippen LogP contribution in [0.2, 0.25) is 0 Å². The molecule has 2 amide bonds. The van der Waals surface area contributed by atoms with Gasteiger partial charge in [-0.05, 0) is 55.8 Å². The molecule has 0 unspecified atom stereocenters. The van der Waals surface area contributed by atoms with Crippen molar-refractivity contribution in [2.75, 3.05) is 17.2 Å². The first-order valence-corrected chi connectivity index (χ1v) is 9.21. The molecular formula is C22H22FN3O3. The van der Waals surface area contributed by atoms with Crippen LogP contribution >= 0.6 is 0 Å². The lowest BCUT2D eigenvalue weighted by atomic mass is 10.2. The molecule has 0 atom stereocenters. The summed E-state index contributed by atoms with van der Waals surface area (Å²) in [6, 6.07) is 14.2. The maximum atomic E-state index is 13.9. The number of aromatic nitrogens is 1. The summed E-state index contributed by atoms with van der Waals surface area (Å²) in [5.41, 5.74) is 1.41. The van der Waals surface area contributed by atoms with Crippen LogP contribution in [0.4, 0.5) is 20.6 Å². The van der Waals surface area contributed by atoms with Crippen LogP contribution in [0.25, 0.3) is 0 Å². The van der Waals surface area contributed by atoms with Gasteiger partial charge in [-0.15, -0.1) is 0 Å². The quantitative estimate of drug-likeness (QED) is 0.650. The van der Waals surface area contributed by atoms with Crippen LogP contribution in [0.1, 0.15) is 18.1 Å². The fraction of sp³-hybridized carbons (Fsp3) is 0.182. The maximum absolute atomic E-state index is 13.9. The first-order valence-electron chi connectivity index (χ1n) is 9.21. The minimum Gasteiger partial charge on any atom is -0.494 e. The molecule has 0 saturated carbocycles. The van der Waals surface area contributed by atoms with Gasteiger partial charge in [0.25, 0.3) is 5.56 Å². The van der Waals surface area contributed by atoms with Crippen LogP contribution in [0, 0.1) is 12.7 Å². The second-order valence-corrected chi connectivity index (χ2v) is 6.49. The molecule has 0 fully saturated rings. The smallest absolute Gasteiger partial charge is 0.323 e. The number of carbonyl (C=O) groups excluding carboxylic acids is 1. The van der Waals surface area contributed by atoms with Crippen molar-refractivity contribution >= 4 is 17.4 Å². The normalized spacial score (nSPS) is 10.4. The SMILES string of the molecule is CCOc1ccc(NC(=O)Nc2cc(C)cn(Cc3ccccc3F)c2=O)cc1. The van der Waals surface area contributed by atoms with Crippen molar-refractivity contribution in [3.05, 3.63) is 88.1 Å². The Morgan fingerprint density at radius 2 is 1.83 bits per heavy atom. The highest BCUT2D eigenvalue weighted by Gasteiger charge is 2.11. The van der Waals surface area contributed by atoms with E-state index in [-0.39, 0.29) is 18.0 Å². The van der Waals surface area contributed by atoms with Crippen LogP contribution in [-0.4, -0.2) is 17.2 Å². The summed E-state index contributed by atoms with van der Waals surface area (Å²) in [4.78, 5) is 25.0. The Bertz CT molecular complexity index is 1060. The van der Waals surface area contributed by atoms with E-state index in [1.807, 2.05) is 6.92 Å². The second-order valence-electron chi connectivity index (χ2n) is 6.49. The van der Waals surface area contributed by atoms with E-state index in [1.165, 1.54) is 10.6 Å². The average Bonchev–Trinajstić information content (AvgIpc) is 2.69. The van der Waals surface area contributed by atoms with Gasteiger partial charge in [0.15, 0.2) is 0 Å². The van der Waals surface area contributed by atoms with E-state index in [0.29, 0.717) is 23.6 Å². The van der Waals surface area contributed by atoms with Crippen molar-refractivity contribution < 1.29 is 13.9 Å².